The van der Waals surface area contributed by atoms with Crippen molar-refractivity contribution in [3.8, 4) is 0 Å². The number of carboxylic acid groups (broad SMARTS) is 4. The maximum absolute atomic E-state index is 12.9. The molecule has 0 spiro atoms. The summed E-state index contributed by atoms with van der Waals surface area (Å²) >= 11 is 0. The molecule has 1 heterocycles. The summed E-state index contributed by atoms with van der Waals surface area (Å²) in [4.78, 5) is 92.0. The van der Waals surface area contributed by atoms with Crippen LogP contribution in [0.5, 0.6) is 0 Å². The summed E-state index contributed by atoms with van der Waals surface area (Å²) in [5.74, 6) is -4.29. The van der Waals surface area contributed by atoms with Gasteiger partial charge in [0.1, 0.15) is 12.4 Å². The average Bonchev–Trinajstić information content (AvgIpc) is 3.53. The highest BCUT2D eigenvalue weighted by molar-refractivity contribution is 5.87. The Morgan fingerprint density at radius 1 is 0.772 bits per heavy atom. The van der Waals surface area contributed by atoms with E-state index in [-0.39, 0.29) is 56.9 Å². The van der Waals surface area contributed by atoms with Crippen LogP contribution in [0, 0.1) is 0 Å². The van der Waals surface area contributed by atoms with Crippen LogP contribution in [0.2, 0.25) is 0 Å². The molecule has 1 atom stereocenters. The van der Waals surface area contributed by atoms with Crippen LogP contribution >= 0.6 is 0 Å². The minimum absolute atomic E-state index is 0.0319. The minimum Gasteiger partial charge on any atom is -0.481 e. The molecule has 0 saturated heterocycles. The van der Waals surface area contributed by atoms with Crippen molar-refractivity contribution in [1.29, 1.82) is 0 Å². The van der Waals surface area contributed by atoms with E-state index in [9.17, 15) is 24.0 Å². The molecular formula is C39H53N5O13. The molecule has 3 rings (SSSR count). The monoisotopic (exact) mass is 799 g/mol. The number of fused-ring (bicyclic) bond motifs is 1. The first-order chi connectivity index (χ1) is 27.0. The number of likely N-dealkylation sites (N-methyl/N-ethyl adjacent to an activating group) is 1. The Kier molecular flexibility index (Phi) is 24.2. The maximum atomic E-state index is 12.9. The largest absolute Gasteiger partial charge is 0.481 e. The second kappa shape index (κ2) is 27.9. The molecule has 312 valence electrons. The number of ether oxygens (including phenoxy) is 1. The summed E-state index contributed by atoms with van der Waals surface area (Å²) < 4.78 is 5.61. The van der Waals surface area contributed by atoms with Gasteiger partial charge in [-0.2, -0.15) is 9.59 Å². The van der Waals surface area contributed by atoms with E-state index < -0.39 is 43.0 Å². The number of aromatic amines is 1. The molecule has 1 aromatic heterocycles. The zero-order chi connectivity index (χ0) is 42.8. The van der Waals surface area contributed by atoms with Crippen molar-refractivity contribution in [1.82, 2.24) is 19.7 Å². The Hall–Kier alpha value is -5.62. The van der Waals surface area contributed by atoms with E-state index in [1.54, 1.807) is 16.8 Å². The third kappa shape index (κ3) is 23.1. The Morgan fingerprint density at radius 3 is 1.88 bits per heavy atom. The lowest BCUT2D eigenvalue weighted by Crippen LogP contribution is -2.44. The molecular weight excluding hydrogens is 746 g/mol. The van der Waals surface area contributed by atoms with Crippen LogP contribution < -0.4 is 5.73 Å². The zero-order valence-electron chi connectivity index (χ0n) is 32.3. The summed E-state index contributed by atoms with van der Waals surface area (Å²) in [5, 5.41) is 35.8. The molecule has 0 saturated carbocycles. The minimum atomic E-state index is -1.15. The van der Waals surface area contributed by atoms with Gasteiger partial charge in [0.15, 0.2) is 5.78 Å². The number of carbonyl (C=O) groups excluding carboxylic acids is 4. The lowest BCUT2D eigenvalue weighted by atomic mass is 10.0. The summed E-state index contributed by atoms with van der Waals surface area (Å²) in [5.41, 5.74) is 10.3. The Morgan fingerprint density at radius 2 is 1.30 bits per heavy atom. The molecule has 2 aromatic carbocycles. The lowest BCUT2D eigenvalue weighted by molar-refractivity contribution is -0.192. The van der Waals surface area contributed by atoms with Crippen molar-refractivity contribution in [2.24, 2.45) is 5.73 Å². The number of aryl methyl sites for hydroxylation is 2. The van der Waals surface area contributed by atoms with Crippen LogP contribution in [0.1, 0.15) is 36.5 Å². The normalized spacial score (nSPS) is 11.3. The molecule has 0 aliphatic rings. The molecule has 3 aromatic rings. The molecule has 0 unspecified atom stereocenters. The first kappa shape index (κ1) is 49.4. The molecule has 0 bridgehead atoms. The number of hydrogen-bond acceptors (Lipinski definition) is 13. The highest BCUT2D eigenvalue weighted by atomic mass is 16.5. The van der Waals surface area contributed by atoms with Crippen molar-refractivity contribution < 1.29 is 63.5 Å². The van der Waals surface area contributed by atoms with Crippen LogP contribution in [0.25, 0.3) is 10.9 Å². The van der Waals surface area contributed by atoms with Crippen LogP contribution in [-0.4, -0.2) is 160 Å². The number of nitrogens with one attached hydrogen (secondary N) is 1. The summed E-state index contributed by atoms with van der Waals surface area (Å²) in [7, 11) is 1.65. The fourth-order valence-electron chi connectivity index (χ4n) is 5.57. The number of aromatic nitrogens is 1. The highest BCUT2D eigenvalue weighted by Gasteiger charge is 2.19. The first-order valence-electron chi connectivity index (χ1n) is 18.0. The molecule has 18 heteroatoms. The van der Waals surface area contributed by atoms with Crippen molar-refractivity contribution >= 4 is 52.5 Å². The Labute approximate surface area is 330 Å². The van der Waals surface area contributed by atoms with Crippen molar-refractivity contribution in [3.05, 3.63) is 71.4 Å². The lowest BCUT2D eigenvalue weighted by Gasteiger charge is -2.27. The number of rotatable bonds is 26. The van der Waals surface area contributed by atoms with Crippen LogP contribution in [0.4, 0.5) is 0 Å². The van der Waals surface area contributed by atoms with Gasteiger partial charge in [0.05, 0.1) is 32.2 Å². The van der Waals surface area contributed by atoms with Gasteiger partial charge < -0.3 is 35.9 Å². The highest BCUT2D eigenvalue weighted by Crippen LogP contribution is 2.19. The topological polar surface area (TPSA) is 278 Å². The van der Waals surface area contributed by atoms with E-state index in [0.29, 0.717) is 32.5 Å². The van der Waals surface area contributed by atoms with Crippen molar-refractivity contribution in [3.63, 3.8) is 0 Å². The number of aliphatic carboxylic acids is 4. The number of carbonyl (C=O) groups is 6. The number of hydrogen-bond donors (Lipinski definition) is 6. The van der Waals surface area contributed by atoms with E-state index in [1.165, 1.54) is 4.90 Å². The number of nitrogens with zero attached hydrogens (tertiary/aromatic N) is 3. The van der Waals surface area contributed by atoms with Crippen LogP contribution in [-0.2, 0) is 62.4 Å². The molecule has 0 amide bonds. The average molecular weight is 800 g/mol. The summed E-state index contributed by atoms with van der Waals surface area (Å²) in [6, 6.07) is 15.2. The Bertz CT molecular complexity index is 1740. The molecule has 0 aliphatic heterocycles. The first-order valence-corrected chi connectivity index (χ1v) is 18.0. The van der Waals surface area contributed by atoms with Gasteiger partial charge in [0, 0.05) is 63.2 Å². The van der Waals surface area contributed by atoms with E-state index in [2.05, 4.69) is 4.98 Å². The van der Waals surface area contributed by atoms with Gasteiger partial charge in [-0.05, 0) is 55.5 Å². The van der Waals surface area contributed by atoms with Crippen molar-refractivity contribution in [2.75, 3.05) is 72.6 Å². The molecule has 57 heavy (non-hydrogen) atoms. The number of para-hydroxylation sites is 1. The zero-order valence-corrected chi connectivity index (χ0v) is 32.3. The third-order valence-corrected chi connectivity index (χ3v) is 8.30. The standard InChI is InChI=1S/C36H49N5O9.C2H4O2.CO2/c1-39(22-34(44)45)14-15-40(16-17-41(23-35(46)47)24-36(48)49)21-29(42)13-12-27-10-8-26(9-11-27)5-4-18-50-25-33(43)31(37)19-28-20-38-32-7-3-2-6-30(28)32;1-2(3)4;2-1-3/h2-3,6-11,20,31,38H,4-5,12-19,21-25,37H2,1H3,(H,44,45)(H,46,47)(H,48,49);1H3,(H,3,4);/t31-;;/m1../s1. The van der Waals surface area contributed by atoms with Gasteiger partial charge >= 0.3 is 24.1 Å². The maximum Gasteiger partial charge on any atom is 0.373 e. The van der Waals surface area contributed by atoms with Crippen LogP contribution in [0.15, 0.2) is 54.7 Å². The third-order valence-electron chi connectivity index (χ3n) is 8.30. The number of ketones is 2. The van der Waals surface area contributed by atoms with Gasteiger partial charge in [-0.15, -0.1) is 0 Å². The Balaban J connectivity index is 0.00000214. The van der Waals surface area contributed by atoms with Crippen LogP contribution in [0.3, 0.4) is 0 Å². The quantitative estimate of drug-likeness (QED) is 0.0619. The summed E-state index contributed by atoms with van der Waals surface area (Å²) in [6.07, 6.45) is 4.88. The number of Topliss-reactive ketones (excluding diaryl/α,β-unsaturated/α-hetero) is 2. The van der Waals surface area contributed by atoms with Gasteiger partial charge in [0.25, 0.3) is 5.97 Å². The molecule has 0 radical (unpaired) electrons. The second-order valence-electron chi connectivity index (χ2n) is 13.2. The van der Waals surface area contributed by atoms with Gasteiger partial charge in [-0.1, -0.05) is 42.5 Å². The molecule has 0 fully saturated rings. The van der Waals surface area contributed by atoms with Gasteiger partial charge in [-0.3, -0.25) is 43.5 Å². The van der Waals surface area contributed by atoms with Crippen molar-refractivity contribution in [2.45, 2.75) is 45.1 Å². The van der Waals surface area contributed by atoms with E-state index in [4.69, 9.17) is 45.3 Å². The summed E-state index contributed by atoms with van der Waals surface area (Å²) in [6.45, 7) is 1.57. The van der Waals surface area contributed by atoms with E-state index in [0.717, 1.165) is 47.4 Å². The number of carboxylic acids is 4. The predicted molar refractivity (Wildman–Crippen MR) is 205 cm³/mol. The van der Waals surface area contributed by atoms with E-state index in [1.807, 2.05) is 54.7 Å². The number of benzene rings is 2. The van der Waals surface area contributed by atoms with E-state index >= 15 is 0 Å². The predicted octanol–water partition coefficient (Wildman–Crippen LogP) is 1.05. The molecule has 18 nitrogen and oxygen atoms in total. The smallest absolute Gasteiger partial charge is 0.373 e. The fourth-order valence-corrected chi connectivity index (χ4v) is 5.57. The number of nitrogens with two attached hydrogens (primary N) is 1. The van der Waals surface area contributed by atoms with Gasteiger partial charge in [-0.25, -0.2) is 0 Å². The second-order valence-corrected chi connectivity index (χ2v) is 13.2. The number of H-pyrrole nitrogens is 1. The SMILES string of the molecule is CC(=O)O.CN(CCN(CCN(CC(=O)O)CC(=O)O)CC(=O)CCc1ccc(CCCOCC(=O)[C@H](N)Cc2c[nH]c3ccccc23)cc1)CC(=O)O.O=C=O. The molecule has 0 aliphatic carbocycles. The van der Waals surface area contributed by atoms with Gasteiger partial charge in [0.2, 0.25) is 0 Å². The fraction of sp³-hybridized carbons (Fsp3) is 0.462. The molecule has 7 N–H and O–H groups in total.